The molecule has 1 aliphatic rings. The summed E-state index contributed by atoms with van der Waals surface area (Å²) >= 11 is 0. The molecule has 0 amide bonds. The molecule has 1 rings (SSSR count). The molecule has 10 heavy (non-hydrogen) atoms. The molecule has 0 aliphatic carbocycles. The van der Waals surface area contributed by atoms with Gasteiger partial charge in [0.05, 0.1) is 6.10 Å². The molecule has 1 fully saturated rings. The Bertz CT molecular complexity index is 84.0. The first-order valence-electron chi connectivity index (χ1n) is 2.94. The summed E-state index contributed by atoms with van der Waals surface area (Å²) in [6.07, 6.45) is 0.653. The predicted molar refractivity (Wildman–Crippen MR) is 46.0 cm³/mol. The quantitative estimate of drug-likeness (QED) is 0.521. The molecule has 5 heteroatoms. The lowest BCUT2D eigenvalue weighted by atomic mass is 10.2. The summed E-state index contributed by atoms with van der Waals surface area (Å²) in [5.74, 6) is 0. The molecule has 0 aromatic rings. The number of rotatable bonds is 1. The highest BCUT2D eigenvalue weighted by Crippen LogP contribution is 2.03. The number of hydrogen-bond acceptors (Lipinski definition) is 3. The van der Waals surface area contributed by atoms with E-state index in [2.05, 4.69) is 5.32 Å². The van der Waals surface area contributed by atoms with Gasteiger partial charge in [-0.15, -0.1) is 24.8 Å². The van der Waals surface area contributed by atoms with Gasteiger partial charge in [0, 0.05) is 19.1 Å². The van der Waals surface area contributed by atoms with Crippen molar-refractivity contribution < 1.29 is 5.11 Å². The maximum atomic E-state index is 8.91. The highest BCUT2D eigenvalue weighted by Gasteiger charge is 2.19. The molecule has 1 heterocycles. The van der Waals surface area contributed by atoms with Crippen LogP contribution in [-0.4, -0.2) is 30.3 Å². The van der Waals surface area contributed by atoms with Crippen LogP contribution < -0.4 is 11.1 Å². The zero-order chi connectivity index (χ0) is 5.98. The second kappa shape index (κ2) is 6.19. The highest BCUT2D eigenvalue weighted by atomic mass is 35.5. The molecule has 0 unspecified atom stereocenters. The third-order valence-electron chi connectivity index (χ3n) is 1.48. The van der Waals surface area contributed by atoms with Crippen LogP contribution >= 0.6 is 24.8 Å². The van der Waals surface area contributed by atoms with Crippen molar-refractivity contribution in [1.82, 2.24) is 5.32 Å². The van der Waals surface area contributed by atoms with Crippen LogP contribution in [0.15, 0.2) is 0 Å². The SMILES string of the molecule is Cl.Cl.NC[C@H]1C[C@@H](O)CN1. The van der Waals surface area contributed by atoms with E-state index >= 15 is 0 Å². The number of hydrogen-bond donors (Lipinski definition) is 3. The first-order chi connectivity index (χ1) is 3.83. The average Bonchev–Trinajstić information content (AvgIpc) is 2.14. The lowest BCUT2D eigenvalue weighted by Gasteiger charge is -2.02. The maximum Gasteiger partial charge on any atom is 0.0680 e. The summed E-state index contributed by atoms with van der Waals surface area (Å²) in [7, 11) is 0. The van der Waals surface area contributed by atoms with Crippen molar-refractivity contribution in [2.75, 3.05) is 13.1 Å². The molecule has 0 saturated carbocycles. The first-order valence-corrected chi connectivity index (χ1v) is 2.94. The Hall–Kier alpha value is 0.460. The van der Waals surface area contributed by atoms with E-state index in [9.17, 15) is 0 Å². The van der Waals surface area contributed by atoms with Crippen molar-refractivity contribution in [1.29, 1.82) is 0 Å². The van der Waals surface area contributed by atoms with E-state index in [0.717, 1.165) is 6.42 Å². The standard InChI is InChI=1S/C5H12N2O.2ClH/c6-2-4-1-5(8)3-7-4;;/h4-5,7-8H,1-3,6H2;2*1H/t4-,5-;;/m1../s1. The average molecular weight is 189 g/mol. The van der Waals surface area contributed by atoms with Crippen LogP contribution in [0, 0.1) is 0 Å². The number of halogens is 2. The Balaban J connectivity index is 0. The van der Waals surface area contributed by atoms with Crippen LogP contribution in [0.4, 0.5) is 0 Å². The lowest BCUT2D eigenvalue weighted by molar-refractivity contribution is 0.193. The molecule has 1 aliphatic heterocycles. The molecule has 64 valence electrons. The van der Waals surface area contributed by atoms with Gasteiger partial charge in [-0.3, -0.25) is 0 Å². The van der Waals surface area contributed by atoms with Gasteiger partial charge in [0.15, 0.2) is 0 Å². The summed E-state index contributed by atoms with van der Waals surface area (Å²) < 4.78 is 0. The number of nitrogens with two attached hydrogens (primary N) is 1. The van der Waals surface area contributed by atoms with E-state index in [1.165, 1.54) is 0 Å². The number of aliphatic hydroxyl groups excluding tert-OH is 1. The van der Waals surface area contributed by atoms with Crippen LogP contribution in [-0.2, 0) is 0 Å². The summed E-state index contributed by atoms with van der Waals surface area (Å²) in [5.41, 5.74) is 5.32. The molecule has 0 radical (unpaired) electrons. The zero-order valence-corrected chi connectivity index (χ0v) is 7.25. The minimum atomic E-state index is -0.163. The minimum Gasteiger partial charge on any atom is -0.392 e. The molecular weight excluding hydrogens is 175 g/mol. The molecule has 1 saturated heterocycles. The minimum absolute atomic E-state index is 0. The topological polar surface area (TPSA) is 58.3 Å². The maximum absolute atomic E-state index is 8.91. The molecule has 2 atom stereocenters. The molecule has 0 spiro atoms. The van der Waals surface area contributed by atoms with Gasteiger partial charge >= 0.3 is 0 Å². The number of aliphatic hydroxyl groups is 1. The molecule has 4 N–H and O–H groups in total. The van der Waals surface area contributed by atoms with Gasteiger partial charge in [-0.25, -0.2) is 0 Å². The second-order valence-electron chi connectivity index (χ2n) is 2.23. The van der Waals surface area contributed by atoms with Crippen molar-refractivity contribution >= 4 is 24.8 Å². The largest absolute Gasteiger partial charge is 0.392 e. The highest BCUT2D eigenvalue weighted by molar-refractivity contribution is 5.85. The van der Waals surface area contributed by atoms with Gasteiger partial charge < -0.3 is 16.2 Å². The smallest absolute Gasteiger partial charge is 0.0680 e. The van der Waals surface area contributed by atoms with Crippen molar-refractivity contribution in [3.63, 3.8) is 0 Å². The van der Waals surface area contributed by atoms with E-state index in [4.69, 9.17) is 10.8 Å². The van der Waals surface area contributed by atoms with Gasteiger partial charge in [0.2, 0.25) is 0 Å². The monoisotopic (exact) mass is 188 g/mol. The van der Waals surface area contributed by atoms with Crippen molar-refractivity contribution in [3.05, 3.63) is 0 Å². The summed E-state index contributed by atoms with van der Waals surface area (Å²) in [6.45, 7) is 1.35. The number of nitrogens with one attached hydrogen (secondary N) is 1. The summed E-state index contributed by atoms with van der Waals surface area (Å²) in [4.78, 5) is 0. The summed E-state index contributed by atoms with van der Waals surface area (Å²) in [5, 5.41) is 12.0. The predicted octanol–water partition coefficient (Wildman–Crippen LogP) is -0.489. The van der Waals surface area contributed by atoms with Gasteiger partial charge in [-0.05, 0) is 6.42 Å². The Morgan fingerprint density at radius 3 is 2.30 bits per heavy atom. The van der Waals surface area contributed by atoms with Crippen LogP contribution in [0.25, 0.3) is 0 Å². The van der Waals surface area contributed by atoms with Crippen LogP contribution in [0.3, 0.4) is 0 Å². The zero-order valence-electron chi connectivity index (χ0n) is 5.62. The van der Waals surface area contributed by atoms with Gasteiger partial charge in [-0.1, -0.05) is 0 Å². The van der Waals surface area contributed by atoms with Crippen LogP contribution in [0.1, 0.15) is 6.42 Å². The summed E-state index contributed by atoms with van der Waals surface area (Å²) in [6, 6.07) is 0.352. The fourth-order valence-corrected chi connectivity index (χ4v) is 0.977. The first kappa shape index (κ1) is 13.1. The third-order valence-corrected chi connectivity index (χ3v) is 1.48. The van der Waals surface area contributed by atoms with Crippen molar-refractivity contribution in [2.24, 2.45) is 5.73 Å². The molecule has 0 aromatic heterocycles. The fraction of sp³-hybridized carbons (Fsp3) is 1.00. The Morgan fingerprint density at radius 1 is 1.50 bits per heavy atom. The Labute approximate surface area is 73.2 Å². The van der Waals surface area contributed by atoms with Crippen LogP contribution in [0.5, 0.6) is 0 Å². The molecule has 0 bridgehead atoms. The van der Waals surface area contributed by atoms with E-state index < -0.39 is 0 Å². The van der Waals surface area contributed by atoms with E-state index in [1.807, 2.05) is 0 Å². The normalized spacial score (nSPS) is 30.6. The van der Waals surface area contributed by atoms with Crippen LogP contribution in [0.2, 0.25) is 0 Å². The Kier molecular flexibility index (Phi) is 8.09. The lowest BCUT2D eigenvalue weighted by Crippen LogP contribution is -2.29. The molecule has 0 aromatic carbocycles. The van der Waals surface area contributed by atoms with E-state index in [1.54, 1.807) is 0 Å². The van der Waals surface area contributed by atoms with Gasteiger partial charge in [0.1, 0.15) is 0 Å². The van der Waals surface area contributed by atoms with E-state index in [0.29, 0.717) is 19.1 Å². The van der Waals surface area contributed by atoms with E-state index in [-0.39, 0.29) is 30.9 Å². The number of β-amino-alcohol motifs (C(OH)–C–C–N with tert-alkyl or cyclic N) is 1. The fourth-order valence-electron chi connectivity index (χ4n) is 0.977. The third kappa shape index (κ3) is 3.58. The molecule has 3 nitrogen and oxygen atoms in total. The second-order valence-corrected chi connectivity index (χ2v) is 2.23. The van der Waals surface area contributed by atoms with Crippen molar-refractivity contribution in [3.8, 4) is 0 Å². The molecular formula is C5H14Cl2N2O. The Morgan fingerprint density at radius 2 is 2.10 bits per heavy atom. The van der Waals surface area contributed by atoms with Gasteiger partial charge in [-0.2, -0.15) is 0 Å². The van der Waals surface area contributed by atoms with Gasteiger partial charge in [0.25, 0.3) is 0 Å². The van der Waals surface area contributed by atoms with Crippen molar-refractivity contribution in [2.45, 2.75) is 18.6 Å².